The van der Waals surface area contributed by atoms with Crippen LogP contribution in [0.15, 0.2) is 60.9 Å². The lowest BCUT2D eigenvalue weighted by atomic mass is 10.1. The molecule has 3 N–H and O–H groups in total. The van der Waals surface area contributed by atoms with E-state index in [1.807, 2.05) is 30.3 Å². The summed E-state index contributed by atoms with van der Waals surface area (Å²) in [5.41, 5.74) is 7.13. The number of nitrogens with one attached hydrogen (secondary N) is 1. The third-order valence-electron chi connectivity index (χ3n) is 3.70. The number of nitrogens with two attached hydrogens (primary N) is 1. The fourth-order valence-electron chi connectivity index (χ4n) is 2.40. The maximum atomic E-state index is 12.7. The number of aromatic nitrogens is 4. The van der Waals surface area contributed by atoms with Gasteiger partial charge in [0.15, 0.2) is 0 Å². The van der Waals surface area contributed by atoms with Gasteiger partial charge in [-0.15, -0.1) is 5.10 Å². The van der Waals surface area contributed by atoms with Crippen molar-refractivity contribution in [2.75, 3.05) is 5.32 Å². The molecule has 126 valence electrons. The second-order valence-electron chi connectivity index (χ2n) is 5.43. The number of tetrazole rings is 1. The molecule has 8 nitrogen and oxygen atoms in total. The van der Waals surface area contributed by atoms with Crippen LogP contribution in [-0.2, 0) is 11.2 Å². The van der Waals surface area contributed by atoms with Crippen LogP contribution in [-0.4, -0.2) is 32.0 Å². The van der Waals surface area contributed by atoms with Crippen LogP contribution in [0.25, 0.3) is 0 Å². The molecule has 1 heterocycles. The highest BCUT2D eigenvalue weighted by Crippen LogP contribution is 2.17. The summed E-state index contributed by atoms with van der Waals surface area (Å²) < 4.78 is 1.42. The van der Waals surface area contributed by atoms with E-state index in [1.54, 1.807) is 24.3 Å². The van der Waals surface area contributed by atoms with E-state index >= 15 is 0 Å². The van der Waals surface area contributed by atoms with Crippen molar-refractivity contribution in [2.45, 2.75) is 12.5 Å². The molecule has 0 saturated heterocycles. The van der Waals surface area contributed by atoms with Gasteiger partial charge in [0.05, 0.1) is 0 Å². The van der Waals surface area contributed by atoms with Crippen LogP contribution >= 0.6 is 0 Å². The normalized spacial score (nSPS) is 11.7. The third kappa shape index (κ3) is 4.05. The van der Waals surface area contributed by atoms with Crippen molar-refractivity contribution in [3.63, 3.8) is 0 Å². The van der Waals surface area contributed by atoms with Crippen molar-refractivity contribution in [3.8, 4) is 0 Å². The summed E-state index contributed by atoms with van der Waals surface area (Å²) in [6, 6.07) is 15.4. The molecule has 0 aliphatic carbocycles. The largest absolute Gasteiger partial charge is 0.366 e. The van der Waals surface area contributed by atoms with Crippen molar-refractivity contribution >= 4 is 17.5 Å². The van der Waals surface area contributed by atoms with Gasteiger partial charge in [0, 0.05) is 17.7 Å². The highest BCUT2D eigenvalue weighted by atomic mass is 16.2. The zero-order valence-electron chi connectivity index (χ0n) is 13.2. The van der Waals surface area contributed by atoms with Gasteiger partial charge in [-0.25, -0.2) is 4.68 Å². The van der Waals surface area contributed by atoms with Crippen molar-refractivity contribution in [1.29, 1.82) is 0 Å². The summed E-state index contributed by atoms with van der Waals surface area (Å²) in [6.45, 7) is 0. The highest BCUT2D eigenvalue weighted by Gasteiger charge is 2.22. The molecule has 1 aromatic heterocycles. The van der Waals surface area contributed by atoms with Crippen LogP contribution in [0.5, 0.6) is 0 Å². The number of carbonyl (C=O) groups is 2. The monoisotopic (exact) mass is 336 g/mol. The lowest BCUT2D eigenvalue weighted by molar-refractivity contribution is -0.119. The number of nitrogens with zero attached hydrogens (tertiary/aromatic N) is 4. The minimum absolute atomic E-state index is 0.261. The van der Waals surface area contributed by atoms with Gasteiger partial charge in [0.2, 0.25) is 11.8 Å². The SMILES string of the molecule is NC(=O)c1ccc(NC(=O)C(Cc2ccccc2)n2cnnn2)cc1. The maximum absolute atomic E-state index is 12.7. The van der Waals surface area contributed by atoms with Gasteiger partial charge >= 0.3 is 0 Å². The van der Waals surface area contributed by atoms with Crippen LogP contribution in [0.4, 0.5) is 5.69 Å². The van der Waals surface area contributed by atoms with Gasteiger partial charge in [0.1, 0.15) is 12.4 Å². The van der Waals surface area contributed by atoms with Gasteiger partial charge in [-0.05, 0) is 40.3 Å². The third-order valence-corrected chi connectivity index (χ3v) is 3.70. The first-order chi connectivity index (χ1) is 12.1. The number of anilines is 1. The van der Waals surface area contributed by atoms with E-state index in [0.717, 1.165) is 5.56 Å². The number of hydrogen-bond acceptors (Lipinski definition) is 5. The number of hydrogen-bond donors (Lipinski definition) is 2. The van der Waals surface area contributed by atoms with E-state index in [2.05, 4.69) is 20.8 Å². The second-order valence-corrected chi connectivity index (χ2v) is 5.43. The quantitative estimate of drug-likeness (QED) is 0.701. The number of rotatable bonds is 6. The van der Waals surface area contributed by atoms with Gasteiger partial charge in [-0.1, -0.05) is 30.3 Å². The molecule has 0 saturated carbocycles. The van der Waals surface area contributed by atoms with Gasteiger partial charge in [-0.2, -0.15) is 0 Å². The van der Waals surface area contributed by atoms with E-state index < -0.39 is 11.9 Å². The molecule has 3 aromatic rings. The Balaban J connectivity index is 1.78. The molecule has 2 amide bonds. The molecule has 0 fully saturated rings. The van der Waals surface area contributed by atoms with Crippen LogP contribution in [0.2, 0.25) is 0 Å². The number of carbonyl (C=O) groups excluding carboxylic acids is 2. The van der Waals surface area contributed by atoms with Gasteiger partial charge in [0.25, 0.3) is 0 Å². The lowest BCUT2D eigenvalue weighted by Crippen LogP contribution is -2.28. The topological polar surface area (TPSA) is 116 Å². The Labute approximate surface area is 143 Å². The first-order valence-corrected chi connectivity index (χ1v) is 7.60. The van der Waals surface area contributed by atoms with E-state index in [4.69, 9.17) is 5.73 Å². The van der Waals surface area contributed by atoms with E-state index in [9.17, 15) is 9.59 Å². The Morgan fingerprint density at radius 3 is 2.40 bits per heavy atom. The smallest absolute Gasteiger partial charge is 0.249 e. The molecule has 0 aliphatic heterocycles. The standard InChI is InChI=1S/C17H16N6O2/c18-16(24)13-6-8-14(9-7-13)20-17(25)15(23-11-19-21-22-23)10-12-4-2-1-3-5-12/h1-9,11,15H,10H2,(H2,18,24)(H,20,25). The molecule has 2 aromatic carbocycles. The molecule has 0 spiro atoms. The first-order valence-electron chi connectivity index (χ1n) is 7.60. The molecule has 1 unspecified atom stereocenters. The summed E-state index contributed by atoms with van der Waals surface area (Å²) in [6.07, 6.45) is 1.85. The van der Waals surface area contributed by atoms with Crippen molar-refractivity contribution in [3.05, 3.63) is 72.1 Å². The number of benzene rings is 2. The van der Waals surface area contributed by atoms with Crippen LogP contribution < -0.4 is 11.1 Å². The zero-order chi connectivity index (χ0) is 17.6. The highest BCUT2D eigenvalue weighted by molar-refractivity contribution is 5.96. The lowest BCUT2D eigenvalue weighted by Gasteiger charge is -2.16. The molecule has 25 heavy (non-hydrogen) atoms. The summed E-state index contributed by atoms with van der Waals surface area (Å²) in [4.78, 5) is 23.8. The van der Waals surface area contributed by atoms with Crippen molar-refractivity contribution in [1.82, 2.24) is 20.2 Å². The Bertz CT molecular complexity index is 847. The van der Waals surface area contributed by atoms with E-state index in [-0.39, 0.29) is 5.91 Å². The van der Waals surface area contributed by atoms with Crippen molar-refractivity contribution in [2.24, 2.45) is 5.73 Å². The second kappa shape index (κ2) is 7.35. The molecule has 8 heteroatoms. The predicted octanol–water partition coefficient (Wildman–Crippen LogP) is 1.19. The number of amides is 2. The van der Waals surface area contributed by atoms with Crippen LogP contribution in [0.3, 0.4) is 0 Å². The Morgan fingerprint density at radius 2 is 1.80 bits per heavy atom. The Morgan fingerprint density at radius 1 is 1.08 bits per heavy atom. The minimum Gasteiger partial charge on any atom is -0.366 e. The molecule has 0 radical (unpaired) electrons. The summed E-state index contributed by atoms with van der Waals surface area (Å²) in [5.74, 6) is -0.781. The summed E-state index contributed by atoms with van der Waals surface area (Å²) in [5, 5.41) is 13.9. The average Bonchev–Trinajstić information content (AvgIpc) is 3.15. The minimum atomic E-state index is -0.604. The molecular formula is C17H16N6O2. The van der Waals surface area contributed by atoms with E-state index in [0.29, 0.717) is 17.7 Å². The average molecular weight is 336 g/mol. The zero-order valence-corrected chi connectivity index (χ0v) is 13.2. The fourth-order valence-corrected chi connectivity index (χ4v) is 2.40. The van der Waals surface area contributed by atoms with Gasteiger partial charge < -0.3 is 11.1 Å². The molecule has 0 bridgehead atoms. The Hall–Kier alpha value is -3.55. The number of primary amides is 1. The first kappa shape index (κ1) is 16.3. The van der Waals surface area contributed by atoms with Crippen molar-refractivity contribution < 1.29 is 9.59 Å². The molecular weight excluding hydrogens is 320 g/mol. The molecule has 3 rings (SSSR count). The fraction of sp³-hybridized carbons (Fsp3) is 0.118. The predicted molar refractivity (Wildman–Crippen MR) is 90.6 cm³/mol. The maximum Gasteiger partial charge on any atom is 0.249 e. The molecule has 1 atom stereocenters. The molecule has 0 aliphatic rings. The summed E-state index contributed by atoms with van der Waals surface area (Å²) >= 11 is 0. The van der Waals surface area contributed by atoms with Crippen LogP contribution in [0, 0.1) is 0 Å². The van der Waals surface area contributed by atoms with Crippen LogP contribution in [0.1, 0.15) is 22.0 Å². The van der Waals surface area contributed by atoms with Gasteiger partial charge in [-0.3, -0.25) is 9.59 Å². The Kier molecular flexibility index (Phi) is 4.79. The van der Waals surface area contributed by atoms with E-state index in [1.165, 1.54) is 11.0 Å². The summed E-state index contributed by atoms with van der Waals surface area (Å²) in [7, 11) is 0.